The van der Waals surface area contributed by atoms with Gasteiger partial charge >= 0.3 is 5.97 Å². The van der Waals surface area contributed by atoms with Crippen LogP contribution in [0.15, 0.2) is 42.5 Å². The number of hydrogen-bond acceptors (Lipinski definition) is 5. The Kier molecular flexibility index (Phi) is 7.00. The zero-order valence-electron chi connectivity index (χ0n) is 19.3. The van der Waals surface area contributed by atoms with Crippen LogP contribution in [0.4, 0.5) is 11.4 Å². The van der Waals surface area contributed by atoms with Crippen molar-refractivity contribution in [3.05, 3.63) is 53.1 Å². The fourth-order valence-corrected chi connectivity index (χ4v) is 6.66. The fraction of sp³-hybridized carbons (Fsp3) is 0.385. The van der Waals surface area contributed by atoms with Gasteiger partial charge in [0.1, 0.15) is 5.75 Å². The van der Waals surface area contributed by atoms with Crippen LogP contribution < -0.4 is 14.5 Å². The maximum atomic E-state index is 13.1. The summed E-state index contributed by atoms with van der Waals surface area (Å²) in [6.07, 6.45) is 1.25. The molecule has 1 aliphatic carbocycles. The van der Waals surface area contributed by atoms with E-state index in [0.717, 1.165) is 0 Å². The number of aryl methyl sites for hydroxylation is 1. The van der Waals surface area contributed by atoms with Gasteiger partial charge in [-0.15, -0.1) is 0 Å². The van der Waals surface area contributed by atoms with Crippen molar-refractivity contribution in [2.24, 2.45) is 17.8 Å². The number of carbonyl (C=O) groups excluding carboxylic acids is 4. The summed E-state index contributed by atoms with van der Waals surface area (Å²) >= 11 is 13.2. The highest BCUT2D eigenvalue weighted by molar-refractivity contribution is 9.12. The summed E-state index contributed by atoms with van der Waals surface area (Å²) in [5.41, 5.74) is 1.79. The SMILES string of the molecule is Cc1cc(OC(=O)[C@@H]2CC(=O)N(c3cccc(Cl)c3)C2)ccc1N1C(=O)[C@@H]2C[C@@H](Br)[C@@H](Br)C[C@H]2C1=O. The van der Waals surface area contributed by atoms with Gasteiger partial charge < -0.3 is 9.64 Å². The van der Waals surface area contributed by atoms with Crippen molar-refractivity contribution < 1.29 is 23.9 Å². The molecule has 5 atom stereocenters. The topological polar surface area (TPSA) is 84.0 Å². The van der Waals surface area contributed by atoms with Crippen LogP contribution in [0.5, 0.6) is 5.75 Å². The van der Waals surface area contributed by atoms with Gasteiger partial charge in [0.15, 0.2) is 0 Å². The smallest absolute Gasteiger partial charge is 0.316 e. The Morgan fingerprint density at radius 1 is 1.00 bits per heavy atom. The first-order valence-corrected chi connectivity index (χ1v) is 13.9. The molecule has 0 radical (unpaired) electrons. The quantitative estimate of drug-likeness (QED) is 0.203. The Balaban J connectivity index is 1.28. The maximum absolute atomic E-state index is 13.1. The van der Waals surface area contributed by atoms with E-state index in [1.54, 1.807) is 49.4 Å². The van der Waals surface area contributed by atoms with Crippen molar-refractivity contribution in [1.82, 2.24) is 0 Å². The van der Waals surface area contributed by atoms with Crippen molar-refractivity contribution in [3.8, 4) is 5.75 Å². The average molecular weight is 639 g/mol. The summed E-state index contributed by atoms with van der Waals surface area (Å²) in [6.45, 7) is 1.98. The van der Waals surface area contributed by atoms with Crippen molar-refractivity contribution in [2.45, 2.75) is 35.8 Å². The monoisotopic (exact) mass is 636 g/mol. The van der Waals surface area contributed by atoms with Gasteiger partial charge in [-0.2, -0.15) is 0 Å². The molecular weight excluding hydrogens is 616 g/mol. The van der Waals surface area contributed by atoms with Crippen molar-refractivity contribution in [3.63, 3.8) is 0 Å². The molecule has 10 heteroatoms. The van der Waals surface area contributed by atoms with E-state index < -0.39 is 11.9 Å². The number of nitrogens with zero attached hydrogens (tertiary/aromatic N) is 2. The standard InChI is InChI=1S/C26H23Br2ClN2O5/c1-13-7-17(36-26(35)14-8-23(32)30(12-14)16-4-2-3-15(29)9-16)5-6-22(13)31-24(33)18-10-20(27)21(28)11-19(18)25(31)34/h2-7,9,14,18-21H,8,10-12H2,1H3/t14-,18-,19-,20-,21+/m1/s1. The summed E-state index contributed by atoms with van der Waals surface area (Å²) in [5, 5.41) is 0.509. The number of amides is 3. The van der Waals surface area contributed by atoms with E-state index in [0.29, 0.717) is 40.6 Å². The Morgan fingerprint density at radius 3 is 2.28 bits per heavy atom. The van der Waals surface area contributed by atoms with E-state index in [2.05, 4.69) is 31.9 Å². The molecule has 0 spiro atoms. The molecule has 2 aromatic carbocycles. The lowest BCUT2D eigenvalue weighted by atomic mass is 9.81. The van der Waals surface area contributed by atoms with Crippen LogP contribution in [0.2, 0.25) is 5.02 Å². The molecule has 36 heavy (non-hydrogen) atoms. The van der Waals surface area contributed by atoms with Crippen molar-refractivity contribution in [2.75, 3.05) is 16.3 Å². The number of rotatable bonds is 4. The second kappa shape index (κ2) is 9.91. The second-order valence-electron chi connectivity index (χ2n) is 9.48. The van der Waals surface area contributed by atoms with Gasteiger partial charge in [0.25, 0.3) is 0 Å². The molecule has 7 nitrogen and oxygen atoms in total. The van der Waals surface area contributed by atoms with Gasteiger partial charge in [0.05, 0.1) is 23.4 Å². The van der Waals surface area contributed by atoms with Crippen LogP contribution in [0.25, 0.3) is 0 Å². The van der Waals surface area contributed by atoms with Gasteiger partial charge in [-0.05, 0) is 61.7 Å². The number of halogens is 3. The molecule has 5 rings (SSSR count). The predicted molar refractivity (Wildman–Crippen MR) is 143 cm³/mol. The van der Waals surface area contributed by atoms with E-state index in [9.17, 15) is 19.2 Å². The van der Waals surface area contributed by atoms with Crippen LogP contribution in [0.1, 0.15) is 24.8 Å². The minimum Gasteiger partial charge on any atom is -0.426 e. The third-order valence-corrected chi connectivity index (χ3v) is 10.1. The molecule has 1 saturated carbocycles. The molecule has 3 fully saturated rings. The Hall–Kier alpha value is -2.23. The van der Waals surface area contributed by atoms with Crippen LogP contribution in [0.3, 0.4) is 0 Å². The lowest BCUT2D eigenvalue weighted by molar-refractivity contribution is -0.139. The number of fused-ring (bicyclic) bond motifs is 1. The lowest BCUT2D eigenvalue weighted by Crippen LogP contribution is -2.34. The molecule has 0 aromatic heterocycles. The first-order valence-electron chi connectivity index (χ1n) is 11.7. The zero-order chi connectivity index (χ0) is 25.7. The molecule has 0 N–H and O–H groups in total. The summed E-state index contributed by atoms with van der Waals surface area (Å²) < 4.78 is 5.58. The number of benzene rings is 2. The highest BCUT2D eigenvalue weighted by atomic mass is 79.9. The number of hydrogen-bond donors (Lipinski definition) is 0. The van der Waals surface area contributed by atoms with Gasteiger partial charge in [0.2, 0.25) is 17.7 Å². The number of alkyl halides is 2. The van der Waals surface area contributed by atoms with Crippen molar-refractivity contribution >= 4 is 78.5 Å². The summed E-state index contributed by atoms with van der Waals surface area (Å²) in [7, 11) is 0. The number of anilines is 2. The van der Waals surface area contributed by atoms with E-state index in [1.165, 1.54) is 9.80 Å². The Bertz CT molecular complexity index is 1240. The molecule has 2 saturated heterocycles. The maximum Gasteiger partial charge on any atom is 0.316 e. The summed E-state index contributed by atoms with van der Waals surface area (Å²) in [5.74, 6) is -2.05. The Labute approximate surface area is 230 Å². The number of imide groups is 1. The van der Waals surface area contributed by atoms with E-state index in [-0.39, 0.29) is 52.2 Å². The molecule has 2 aliphatic heterocycles. The number of esters is 1. The van der Waals surface area contributed by atoms with Crippen LogP contribution in [0, 0.1) is 24.7 Å². The largest absolute Gasteiger partial charge is 0.426 e. The number of ether oxygens (including phenoxy) is 1. The van der Waals surface area contributed by atoms with E-state index in [4.69, 9.17) is 16.3 Å². The number of carbonyl (C=O) groups is 4. The fourth-order valence-electron chi connectivity index (χ4n) is 5.23. The highest BCUT2D eigenvalue weighted by Gasteiger charge is 2.52. The minimum atomic E-state index is -0.615. The predicted octanol–water partition coefficient (Wildman–Crippen LogP) is 5.03. The first-order chi connectivity index (χ1) is 17.1. The van der Waals surface area contributed by atoms with E-state index >= 15 is 0 Å². The average Bonchev–Trinajstić information content (AvgIpc) is 3.33. The lowest BCUT2D eigenvalue weighted by Gasteiger charge is -2.29. The van der Waals surface area contributed by atoms with Gasteiger partial charge in [-0.1, -0.05) is 49.5 Å². The molecule has 188 valence electrons. The van der Waals surface area contributed by atoms with Crippen molar-refractivity contribution in [1.29, 1.82) is 0 Å². The van der Waals surface area contributed by atoms with Crippen LogP contribution in [-0.4, -0.2) is 39.9 Å². The van der Waals surface area contributed by atoms with Gasteiger partial charge in [0, 0.05) is 33.3 Å². The molecular formula is C26H23Br2ClN2O5. The van der Waals surface area contributed by atoms with E-state index in [1.807, 2.05) is 0 Å². The molecule has 0 unspecified atom stereocenters. The molecule has 0 bridgehead atoms. The third kappa shape index (κ3) is 4.61. The summed E-state index contributed by atoms with van der Waals surface area (Å²) in [4.78, 5) is 54.7. The normalized spacial score (nSPS) is 28.0. The molecule has 2 aromatic rings. The van der Waals surface area contributed by atoms with Gasteiger partial charge in [-0.25, -0.2) is 4.90 Å². The minimum absolute atomic E-state index is 0.0467. The zero-order valence-corrected chi connectivity index (χ0v) is 23.3. The molecule has 3 amide bonds. The van der Waals surface area contributed by atoms with Gasteiger partial charge in [-0.3, -0.25) is 19.2 Å². The first kappa shape index (κ1) is 25.4. The molecule has 3 aliphatic rings. The van der Waals surface area contributed by atoms with Crippen LogP contribution >= 0.6 is 43.5 Å². The summed E-state index contributed by atoms with van der Waals surface area (Å²) in [6, 6.07) is 11.8. The van der Waals surface area contributed by atoms with Crippen LogP contribution in [-0.2, 0) is 19.2 Å². The second-order valence-corrected chi connectivity index (χ2v) is 12.3. The Morgan fingerprint density at radius 2 is 1.67 bits per heavy atom. The highest BCUT2D eigenvalue weighted by Crippen LogP contribution is 2.45. The third-order valence-electron chi connectivity index (χ3n) is 7.12. The molecule has 2 heterocycles.